The predicted molar refractivity (Wildman–Crippen MR) is 75.7 cm³/mol. The van der Waals surface area contributed by atoms with Gasteiger partial charge in [-0.1, -0.05) is 12.1 Å². The number of nitro benzene ring substituents is 1. The number of benzene rings is 1. The van der Waals surface area contributed by atoms with Crippen LogP contribution in [0.25, 0.3) is 0 Å². The fraction of sp³-hybridized carbons (Fsp3) is 0.364. The average Bonchev–Trinajstić information content (AvgIpc) is 2.47. The summed E-state index contributed by atoms with van der Waals surface area (Å²) >= 11 is 1.34. The van der Waals surface area contributed by atoms with Crippen molar-refractivity contribution in [1.29, 1.82) is 0 Å². The van der Waals surface area contributed by atoms with Gasteiger partial charge < -0.3 is 5.11 Å². The van der Waals surface area contributed by atoms with Gasteiger partial charge in [0.2, 0.25) is 0 Å². The maximum Gasteiger partial charge on any atom is 0.322 e. The summed E-state index contributed by atoms with van der Waals surface area (Å²) in [6, 6.07) is 3.72. The van der Waals surface area contributed by atoms with Crippen LogP contribution in [0.15, 0.2) is 29.2 Å². The van der Waals surface area contributed by atoms with E-state index in [9.17, 15) is 23.3 Å². The van der Waals surface area contributed by atoms with Crippen LogP contribution in [0.1, 0.15) is 0 Å². The van der Waals surface area contributed by atoms with Crippen LogP contribution in [0.2, 0.25) is 0 Å². The quantitative estimate of drug-likeness (QED) is 0.639. The summed E-state index contributed by atoms with van der Waals surface area (Å²) in [5.74, 6) is -0.692. The third-order valence-electron chi connectivity index (χ3n) is 3.01. The van der Waals surface area contributed by atoms with Crippen LogP contribution in [-0.4, -0.2) is 52.8 Å². The number of nitro groups is 1. The molecule has 0 aromatic heterocycles. The molecule has 1 aromatic carbocycles. The summed E-state index contributed by atoms with van der Waals surface area (Å²) in [7, 11) is -4.23. The zero-order valence-electron chi connectivity index (χ0n) is 10.7. The van der Waals surface area contributed by atoms with Gasteiger partial charge in [-0.05, 0) is 6.07 Å². The van der Waals surface area contributed by atoms with Crippen molar-refractivity contribution in [1.82, 2.24) is 4.31 Å². The lowest BCUT2D eigenvalue weighted by molar-refractivity contribution is -0.387. The first-order valence-corrected chi connectivity index (χ1v) is 8.51. The third kappa shape index (κ3) is 3.01. The third-order valence-corrected chi connectivity index (χ3v) is 5.99. The molecule has 8 nitrogen and oxygen atoms in total. The van der Waals surface area contributed by atoms with E-state index in [0.717, 1.165) is 16.4 Å². The Morgan fingerprint density at radius 1 is 1.43 bits per heavy atom. The van der Waals surface area contributed by atoms with Crippen molar-refractivity contribution in [2.24, 2.45) is 0 Å². The number of thioether (sulfide) groups is 1. The Bertz CT molecular complexity index is 675. The molecule has 1 aliphatic rings. The zero-order valence-corrected chi connectivity index (χ0v) is 12.3. The minimum Gasteiger partial charge on any atom is -0.480 e. The monoisotopic (exact) mass is 332 g/mol. The Hall–Kier alpha value is -1.65. The smallest absolute Gasteiger partial charge is 0.322 e. The van der Waals surface area contributed by atoms with E-state index in [2.05, 4.69) is 0 Å². The van der Waals surface area contributed by atoms with Crippen molar-refractivity contribution >= 4 is 33.4 Å². The summed E-state index contributed by atoms with van der Waals surface area (Å²) in [6.07, 6.45) is 0. The normalized spacial score (nSPS) is 20.1. The van der Waals surface area contributed by atoms with E-state index in [1.54, 1.807) is 0 Å². The Morgan fingerprint density at radius 2 is 2.10 bits per heavy atom. The van der Waals surface area contributed by atoms with Crippen LogP contribution in [-0.2, 0) is 14.8 Å². The number of nitrogens with zero attached hydrogens (tertiary/aromatic N) is 2. The summed E-state index contributed by atoms with van der Waals surface area (Å²) < 4.78 is 26.0. The molecular weight excluding hydrogens is 320 g/mol. The molecule has 0 amide bonds. The zero-order chi connectivity index (χ0) is 15.6. The Balaban J connectivity index is 2.51. The maximum absolute atomic E-state index is 12.6. The van der Waals surface area contributed by atoms with Crippen LogP contribution < -0.4 is 0 Å². The summed E-state index contributed by atoms with van der Waals surface area (Å²) in [5, 5.41) is 20.1. The Labute approximate surface area is 125 Å². The summed E-state index contributed by atoms with van der Waals surface area (Å²) in [6.45, 7) is 0.00994. The number of aliphatic carboxylic acids is 1. The average molecular weight is 332 g/mol. The van der Waals surface area contributed by atoms with Crippen LogP contribution in [0.3, 0.4) is 0 Å². The number of sulfonamides is 1. The van der Waals surface area contributed by atoms with Crippen LogP contribution >= 0.6 is 11.8 Å². The van der Waals surface area contributed by atoms with E-state index >= 15 is 0 Å². The standard InChI is InChI=1S/C11H12N2O6S2/c14-11(15)9-7-20-6-5-12(9)21(18,19)10-4-2-1-3-8(10)13(16)17/h1-4,9H,5-7H2,(H,14,15). The molecule has 1 atom stereocenters. The van der Waals surface area contributed by atoms with E-state index in [0.29, 0.717) is 5.75 Å². The van der Waals surface area contributed by atoms with Gasteiger partial charge in [-0.25, -0.2) is 8.42 Å². The molecule has 0 saturated carbocycles. The SMILES string of the molecule is O=C(O)C1CSCCN1S(=O)(=O)c1ccccc1[N+](=O)[O-]. The predicted octanol–water partition coefficient (Wildman–Crippen LogP) is 0.785. The van der Waals surface area contributed by atoms with E-state index in [-0.39, 0.29) is 12.3 Å². The van der Waals surface area contributed by atoms with Crippen molar-refractivity contribution in [2.45, 2.75) is 10.9 Å². The van der Waals surface area contributed by atoms with Crippen molar-refractivity contribution in [2.75, 3.05) is 18.1 Å². The lowest BCUT2D eigenvalue weighted by Crippen LogP contribution is -2.50. The molecule has 0 aliphatic carbocycles. The van der Waals surface area contributed by atoms with E-state index < -0.39 is 37.5 Å². The highest BCUT2D eigenvalue weighted by Gasteiger charge is 2.40. The molecule has 21 heavy (non-hydrogen) atoms. The second kappa shape index (κ2) is 6.00. The molecule has 10 heteroatoms. The van der Waals surface area contributed by atoms with Crippen molar-refractivity contribution in [3.63, 3.8) is 0 Å². The van der Waals surface area contributed by atoms with Crippen molar-refractivity contribution in [3.8, 4) is 0 Å². The van der Waals surface area contributed by atoms with Crippen LogP contribution in [0.5, 0.6) is 0 Å². The molecule has 1 aliphatic heterocycles. The molecule has 1 aromatic rings. The second-order valence-corrected chi connectivity index (χ2v) is 7.28. The molecule has 1 saturated heterocycles. The summed E-state index contributed by atoms with van der Waals surface area (Å²) in [4.78, 5) is 20.9. The Kier molecular flexibility index (Phi) is 4.49. The van der Waals surface area contributed by atoms with Gasteiger partial charge in [-0.2, -0.15) is 16.1 Å². The molecular formula is C11H12N2O6S2. The highest BCUT2D eigenvalue weighted by atomic mass is 32.2. The first-order chi connectivity index (χ1) is 9.85. The van der Waals surface area contributed by atoms with E-state index in [1.165, 1.54) is 23.9 Å². The highest BCUT2D eigenvalue weighted by Crippen LogP contribution is 2.30. The number of rotatable bonds is 4. The van der Waals surface area contributed by atoms with Gasteiger partial charge >= 0.3 is 5.97 Å². The van der Waals surface area contributed by atoms with Gasteiger partial charge in [0.25, 0.3) is 15.7 Å². The fourth-order valence-corrected chi connectivity index (χ4v) is 5.01. The van der Waals surface area contributed by atoms with E-state index in [4.69, 9.17) is 5.11 Å². The van der Waals surface area contributed by atoms with Gasteiger partial charge in [0.15, 0.2) is 4.90 Å². The largest absolute Gasteiger partial charge is 0.480 e. The van der Waals surface area contributed by atoms with Crippen LogP contribution in [0, 0.1) is 10.1 Å². The number of carboxylic acids is 1. The molecule has 114 valence electrons. The van der Waals surface area contributed by atoms with E-state index in [1.807, 2.05) is 0 Å². The fourth-order valence-electron chi connectivity index (χ4n) is 2.02. The van der Waals surface area contributed by atoms with Crippen molar-refractivity contribution < 1.29 is 23.2 Å². The number of hydrogen-bond acceptors (Lipinski definition) is 6. The van der Waals surface area contributed by atoms with Gasteiger partial charge in [0, 0.05) is 24.1 Å². The lowest BCUT2D eigenvalue weighted by atomic mass is 10.3. The van der Waals surface area contributed by atoms with Gasteiger partial charge in [-0.3, -0.25) is 14.9 Å². The summed E-state index contributed by atoms with van der Waals surface area (Å²) in [5.41, 5.74) is -0.556. The van der Waals surface area contributed by atoms with Gasteiger partial charge in [-0.15, -0.1) is 0 Å². The number of para-hydroxylation sites is 1. The molecule has 0 spiro atoms. The highest BCUT2D eigenvalue weighted by molar-refractivity contribution is 7.99. The van der Waals surface area contributed by atoms with Gasteiger partial charge in [0.1, 0.15) is 6.04 Å². The first-order valence-electron chi connectivity index (χ1n) is 5.91. The second-order valence-electron chi connectivity index (χ2n) is 4.27. The van der Waals surface area contributed by atoms with Crippen LogP contribution in [0.4, 0.5) is 5.69 Å². The van der Waals surface area contributed by atoms with Crippen molar-refractivity contribution in [3.05, 3.63) is 34.4 Å². The lowest BCUT2D eigenvalue weighted by Gasteiger charge is -2.31. The molecule has 0 bridgehead atoms. The molecule has 1 N–H and O–H groups in total. The molecule has 1 unspecified atom stereocenters. The molecule has 0 radical (unpaired) electrons. The molecule has 1 fully saturated rings. The topological polar surface area (TPSA) is 118 Å². The minimum atomic E-state index is -4.23. The number of carbonyl (C=O) groups is 1. The first kappa shape index (κ1) is 15.7. The Morgan fingerprint density at radius 3 is 2.71 bits per heavy atom. The number of carboxylic acid groups (broad SMARTS) is 1. The minimum absolute atomic E-state index is 0.00994. The number of hydrogen-bond donors (Lipinski definition) is 1. The van der Waals surface area contributed by atoms with Gasteiger partial charge in [0.05, 0.1) is 4.92 Å². The molecule has 2 rings (SSSR count). The molecule has 1 heterocycles. The maximum atomic E-state index is 12.6.